The van der Waals surface area contributed by atoms with Gasteiger partial charge in [-0.3, -0.25) is 5.43 Å². The molecule has 2 rings (SSSR count). The van der Waals surface area contributed by atoms with Gasteiger partial charge in [-0.05, 0) is 49.0 Å². The first-order chi connectivity index (χ1) is 10.6. The van der Waals surface area contributed by atoms with Crippen molar-refractivity contribution < 1.29 is 4.74 Å². The molecule has 0 saturated heterocycles. The molecule has 2 aromatic carbocycles. The molecule has 114 valence electrons. The van der Waals surface area contributed by atoms with E-state index in [0.717, 1.165) is 17.0 Å². The highest BCUT2D eigenvalue weighted by Gasteiger charge is 2.03. The molecule has 0 aliphatic carbocycles. The molecule has 2 aromatic rings. The van der Waals surface area contributed by atoms with Crippen LogP contribution in [0.25, 0.3) is 0 Å². The maximum atomic E-state index is 5.96. The number of benzene rings is 2. The molecule has 0 bridgehead atoms. The van der Waals surface area contributed by atoms with Gasteiger partial charge < -0.3 is 10.1 Å². The number of hydrogen-bond acceptors (Lipinski definition) is 3. The normalized spacial score (nSPS) is 11.0. The van der Waals surface area contributed by atoms with Gasteiger partial charge in [-0.1, -0.05) is 35.9 Å². The van der Waals surface area contributed by atoms with E-state index in [1.165, 1.54) is 0 Å². The zero-order valence-corrected chi connectivity index (χ0v) is 13.8. The van der Waals surface area contributed by atoms with E-state index in [-0.39, 0.29) is 0 Å². The van der Waals surface area contributed by atoms with Gasteiger partial charge in [-0.2, -0.15) is 5.10 Å². The van der Waals surface area contributed by atoms with Gasteiger partial charge in [0.2, 0.25) is 0 Å². The maximum absolute atomic E-state index is 5.96. The molecule has 6 heteroatoms. The van der Waals surface area contributed by atoms with Gasteiger partial charge in [-0.25, -0.2) is 0 Å². The van der Waals surface area contributed by atoms with Crippen LogP contribution in [-0.4, -0.2) is 17.9 Å². The summed E-state index contributed by atoms with van der Waals surface area (Å²) in [6.45, 7) is 1.88. The van der Waals surface area contributed by atoms with Gasteiger partial charge in [0.25, 0.3) is 0 Å². The number of ether oxygens (including phenoxy) is 1. The SMILES string of the molecule is COc1ccccc1NC(=S)N/N=C(\C)c1cccc(Cl)c1. The molecule has 0 heterocycles. The largest absolute Gasteiger partial charge is 0.495 e. The third-order valence-corrected chi connectivity index (χ3v) is 3.35. The Bertz CT molecular complexity index is 703. The minimum absolute atomic E-state index is 0.380. The lowest BCUT2D eigenvalue weighted by molar-refractivity contribution is 0.417. The van der Waals surface area contributed by atoms with Gasteiger partial charge in [0.1, 0.15) is 5.75 Å². The van der Waals surface area contributed by atoms with Crippen LogP contribution in [0.3, 0.4) is 0 Å². The highest BCUT2D eigenvalue weighted by molar-refractivity contribution is 7.80. The monoisotopic (exact) mass is 333 g/mol. The molecule has 0 atom stereocenters. The van der Waals surface area contributed by atoms with Crippen LogP contribution in [0.5, 0.6) is 5.75 Å². The number of methoxy groups -OCH3 is 1. The molecule has 0 aliphatic rings. The summed E-state index contributed by atoms with van der Waals surface area (Å²) in [6.07, 6.45) is 0. The van der Waals surface area contributed by atoms with Crippen molar-refractivity contribution in [1.82, 2.24) is 5.43 Å². The van der Waals surface area contributed by atoms with Crippen molar-refractivity contribution >= 4 is 40.3 Å². The summed E-state index contributed by atoms with van der Waals surface area (Å²) in [5, 5.41) is 8.34. The summed E-state index contributed by atoms with van der Waals surface area (Å²) >= 11 is 11.2. The average Bonchev–Trinajstić information content (AvgIpc) is 2.53. The van der Waals surface area contributed by atoms with E-state index in [0.29, 0.717) is 15.9 Å². The second-order valence-electron chi connectivity index (χ2n) is 4.47. The first kappa shape index (κ1) is 16.3. The molecule has 2 N–H and O–H groups in total. The van der Waals surface area contributed by atoms with Crippen LogP contribution in [-0.2, 0) is 0 Å². The van der Waals surface area contributed by atoms with Crippen molar-refractivity contribution in [2.75, 3.05) is 12.4 Å². The van der Waals surface area contributed by atoms with E-state index in [9.17, 15) is 0 Å². The Kier molecular flexibility index (Phi) is 5.75. The third kappa shape index (κ3) is 4.44. The zero-order chi connectivity index (χ0) is 15.9. The standard InChI is InChI=1S/C16H16ClN3OS/c1-11(12-6-5-7-13(17)10-12)19-20-16(22)18-14-8-3-4-9-15(14)21-2/h3-10H,1-2H3,(H2,18,20,22)/b19-11+. The molecule has 0 aliphatic heterocycles. The van der Waals surface area contributed by atoms with Gasteiger partial charge in [0.15, 0.2) is 5.11 Å². The molecule has 0 amide bonds. The van der Waals surface area contributed by atoms with Gasteiger partial charge in [-0.15, -0.1) is 0 Å². The third-order valence-electron chi connectivity index (χ3n) is 2.92. The smallest absolute Gasteiger partial charge is 0.191 e. The predicted octanol–water partition coefficient (Wildman–Crippen LogP) is 4.06. The quantitative estimate of drug-likeness (QED) is 0.503. The Morgan fingerprint density at radius 1 is 1.18 bits per heavy atom. The van der Waals surface area contributed by atoms with Crippen molar-refractivity contribution in [3.63, 3.8) is 0 Å². The molecule has 22 heavy (non-hydrogen) atoms. The van der Waals surface area contributed by atoms with Crippen LogP contribution < -0.4 is 15.5 Å². The fourth-order valence-corrected chi connectivity index (χ4v) is 2.16. The fraction of sp³-hybridized carbons (Fsp3) is 0.125. The summed E-state index contributed by atoms with van der Waals surface area (Å²) in [6, 6.07) is 15.0. The summed E-state index contributed by atoms with van der Waals surface area (Å²) in [5.74, 6) is 0.710. The van der Waals surface area contributed by atoms with E-state index in [1.807, 2.05) is 55.5 Å². The summed E-state index contributed by atoms with van der Waals surface area (Å²) in [7, 11) is 1.61. The lowest BCUT2D eigenvalue weighted by Gasteiger charge is -2.11. The van der Waals surface area contributed by atoms with E-state index < -0.39 is 0 Å². The first-order valence-corrected chi connectivity index (χ1v) is 7.39. The number of anilines is 1. The van der Waals surface area contributed by atoms with Crippen LogP contribution in [0.15, 0.2) is 53.6 Å². The molecule has 0 radical (unpaired) electrons. The highest BCUT2D eigenvalue weighted by atomic mass is 35.5. The first-order valence-electron chi connectivity index (χ1n) is 6.60. The van der Waals surface area contributed by atoms with Crippen molar-refractivity contribution in [3.8, 4) is 5.75 Å². The average molecular weight is 334 g/mol. The van der Waals surface area contributed by atoms with Crippen LogP contribution in [0.4, 0.5) is 5.69 Å². The maximum Gasteiger partial charge on any atom is 0.191 e. The van der Waals surface area contributed by atoms with E-state index in [4.69, 9.17) is 28.6 Å². The van der Waals surface area contributed by atoms with Crippen LogP contribution in [0.2, 0.25) is 5.02 Å². The lowest BCUT2D eigenvalue weighted by atomic mass is 10.1. The van der Waals surface area contributed by atoms with Gasteiger partial charge in [0, 0.05) is 5.02 Å². The fourth-order valence-electron chi connectivity index (χ4n) is 1.81. The molecule has 0 fully saturated rings. The molecular formula is C16H16ClN3OS. The number of nitrogens with zero attached hydrogens (tertiary/aromatic N) is 1. The second-order valence-corrected chi connectivity index (χ2v) is 5.32. The van der Waals surface area contributed by atoms with E-state index >= 15 is 0 Å². The molecule has 0 saturated carbocycles. The zero-order valence-electron chi connectivity index (χ0n) is 12.3. The van der Waals surface area contributed by atoms with Crippen molar-refractivity contribution in [2.24, 2.45) is 5.10 Å². The van der Waals surface area contributed by atoms with E-state index in [2.05, 4.69) is 15.8 Å². The number of hydrazone groups is 1. The summed E-state index contributed by atoms with van der Waals surface area (Å²) in [5.41, 5.74) is 5.30. The minimum Gasteiger partial charge on any atom is -0.495 e. The number of halogens is 1. The van der Waals surface area contributed by atoms with Crippen molar-refractivity contribution in [1.29, 1.82) is 0 Å². The number of nitrogens with one attached hydrogen (secondary N) is 2. The number of para-hydroxylation sites is 2. The van der Waals surface area contributed by atoms with Crippen molar-refractivity contribution in [2.45, 2.75) is 6.92 Å². The van der Waals surface area contributed by atoms with Crippen molar-refractivity contribution in [3.05, 3.63) is 59.1 Å². The Hall–Kier alpha value is -2.11. The van der Waals surface area contributed by atoms with Crippen LogP contribution in [0.1, 0.15) is 12.5 Å². The number of rotatable bonds is 4. The summed E-state index contributed by atoms with van der Waals surface area (Å²) < 4.78 is 5.25. The molecule has 4 nitrogen and oxygen atoms in total. The predicted molar refractivity (Wildman–Crippen MR) is 96.0 cm³/mol. The number of thiocarbonyl (C=S) groups is 1. The minimum atomic E-state index is 0.380. The van der Waals surface area contributed by atoms with Crippen LogP contribution >= 0.6 is 23.8 Å². The Balaban J connectivity index is 2.01. The van der Waals surface area contributed by atoms with E-state index in [1.54, 1.807) is 7.11 Å². The molecular weight excluding hydrogens is 318 g/mol. The molecule has 0 aromatic heterocycles. The number of hydrogen-bond donors (Lipinski definition) is 2. The van der Waals surface area contributed by atoms with Crippen LogP contribution in [0, 0.1) is 0 Å². The lowest BCUT2D eigenvalue weighted by Crippen LogP contribution is -2.25. The Labute approximate surface area is 140 Å². The molecule has 0 unspecified atom stereocenters. The van der Waals surface area contributed by atoms with Gasteiger partial charge in [0.05, 0.1) is 18.5 Å². The van der Waals surface area contributed by atoms with Gasteiger partial charge >= 0.3 is 0 Å². The molecule has 0 spiro atoms. The second kappa shape index (κ2) is 7.77. The Morgan fingerprint density at radius 2 is 1.95 bits per heavy atom. The topological polar surface area (TPSA) is 45.6 Å². The summed E-state index contributed by atoms with van der Waals surface area (Å²) in [4.78, 5) is 0. The highest BCUT2D eigenvalue weighted by Crippen LogP contribution is 2.22. The Morgan fingerprint density at radius 3 is 2.68 bits per heavy atom.